The summed E-state index contributed by atoms with van der Waals surface area (Å²) in [5, 5.41) is 9.77. The number of carbonyl (C=O) groups is 2. The summed E-state index contributed by atoms with van der Waals surface area (Å²) in [4.78, 5) is 29.6. The van der Waals surface area contributed by atoms with Gasteiger partial charge in [0.15, 0.2) is 0 Å². The van der Waals surface area contributed by atoms with Crippen LogP contribution in [0.1, 0.15) is 42.5 Å². The molecule has 0 bridgehead atoms. The predicted molar refractivity (Wildman–Crippen MR) is 139 cm³/mol. The molecular weight excluding hydrogens is 440 g/mol. The first-order valence-electron chi connectivity index (χ1n) is 11.8. The van der Waals surface area contributed by atoms with Crippen molar-refractivity contribution in [3.8, 4) is 11.1 Å². The van der Waals surface area contributed by atoms with Crippen molar-refractivity contribution in [3.05, 3.63) is 84.6 Å². The summed E-state index contributed by atoms with van der Waals surface area (Å²) < 4.78 is 0. The average Bonchev–Trinajstić information content (AvgIpc) is 3.36. The van der Waals surface area contributed by atoms with Crippen LogP contribution in [-0.4, -0.2) is 28.6 Å². The Bertz CT molecular complexity index is 1280. The largest absolute Gasteiger partial charge is 0.399 e. The summed E-state index contributed by atoms with van der Waals surface area (Å²) in [6.45, 7) is 0.559. The van der Waals surface area contributed by atoms with Crippen molar-refractivity contribution in [2.45, 2.75) is 32.1 Å². The van der Waals surface area contributed by atoms with E-state index in [1.807, 2.05) is 36.5 Å². The maximum atomic E-state index is 13.4. The van der Waals surface area contributed by atoms with E-state index in [0.29, 0.717) is 30.6 Å². The van der Waals surface area contributed by atoms with E-state index < -0.39 is 0 Å². The fourth-order valence-corrected chi connectivity index (χ4v) is 4.16. The van der Waals surface area contributed by atoms with E-state index >= 15 is 0 Å². The molecule has 0 spiro atoms. The number of hydrogen-bond acceptors (Lipinski definition) is 4. The molecule has 1 heterocycles. The van der Waals surface area contributed by atoms with Crippen molar-refractivity contribution in [2.24, 2.45) is 0 Å². The summed E-state index contributed by atoms with van der Waals surface area (Å²) in [5.41, 5.74) is 12.8. The van der Waals surface area contributed by atoms with Crippen LogP contribution in [0, 0.1) is 0 Å². The number of nitrogens with two attached hydrogens (primary N) is 1. The number of aromatic amines is 1. The molecule has 0 aliphatic rings. The Hall–Kier alpha value is -4.10. The van der Waals surface area contributed by atoms with E-state index in [9.17, 15) is 9.59 Å². The number of fused-ring (bicyclic) bond motifs is 1. The number of nitrogens with zero attached hydrogens (tertiary/aromatic N) is 1. The molecule has 4 aromatic rings. The molecule has 0 aliphatic heterocycles. The Morgan fingerprint density at radius 2 is 1.57 bits per heavy atom. The Morgan fingerprint density at radius 3 is 2.31 bits per heavy atom. The van der Waals surface area contributed by atoms with Gasteiger partial charge < -0.3 is 15.6 Å². The molecule has 0 atom stereocenters. The van der Waals surface area contributed by atoms with Crippen molar-refractivity contribution in [3.63, 3.8) is 0 Å². The van der Waals surface area contributed by atoms with Gasteiger partial charge in [0.2, 0.25) is 5.91 Å². The minimum absolute atomic E-state index is 0.0785. The van der Waals surface area contributed by atoms with Crippen LogP contribution in [0.15, 0.2) is 79.0 Å². The van der Waals surface area contributed by atoms with Gasteiger partial charge in [-0.25, -0.2) is 5.48 Å². The predicted octanol–water partition coefficient (Wildman–Crippen LogP) is 5.52. The van der Waals surface area contributed by atoms with Crippen LogP contribution in [0.2, 0.25) is 0 Å². The molecule has 0 aliphatic carbocycles. The third-order valence-corrected chi connectivity index (χ3v) is 6.13. The molecule has 3 aromatic carbocycles. The Morgan fingerprint density at radius 1 is 0.857 bits per heavy atom. The molecule has 35 heavy (non-hydrogen) atoms. The number of nitrogens with one attached hydrogen (secondary N) is 2. The Kier molecular flexibility index (Phi) is 7.80. The van der Waals surface area contributed by atoms with Crippen molar-refractivity contribution in [1.29, 1.82) is 0 Å². The third kappa shape index (κ3) is 6.07. The number of hydroxylamine groups is 1. The number of unbranched alkanes of at least 4 members (excludes halogenated alkanes) is 3. The highest BCUT2D eigenvalue weighted by Crippen LogP contribution is 2.27. The molecular formula is C28H30N4O3. The normalized spacial score (nSPS) is 10.9. The standard InChI is InChI=1S/C28H30N4O3/c29-24-12-8-22(9-13-24)28(34)32(18-4-2-1-3-5-27(33)31-35)25-14-10-20(11-15-25)23-7-6-21-16-17-30-26(21)19-23/h6-17,19,30,35H,1-5,18,29H2,(H,31,33). The Labute approximate surface area is 204 Å². The lowest BCUT2D eigenvalue weighted by molar-refractivity contribution is -0.129. The molecule has 2 amide bonds. The molecule has 4 rings (SSSR count). The second-order valence-corrected chi connectivity index (χ2v) is 8.60. The highest BCUT2D eigenvalue weighted by molar-refractivity contribution is 6.06. The molecule has 7 nitrogen and oxygen atoms in total. The lowest BCUT2D eigenvalue weighted by atomic mass is 10.0. The number of rotatable bonds is 10. The van der Waals surface area contributed by atoms with Crippen LogP contribution in [-0.2, 0) is 4.79 Å². The molecule has 0 radical (unpaired) electrons. The first-order valence-corrected chi connectivity index (χ1v) is 11.8. The maximum absolute atomic E-state index is 13.4. The van der Waals surface area contributed by atoms with Gasteiger partial charge in [-0.05, 0) is 77.9 Å². The zero-order valence-electron chi connectivity index (χ0n) is 19.5. The van der Waals surface area contributed by atoms with Crippen LogP contribution >= 0.6 is 0 Å². The summed E-state index contributed by atoms with van der Waals surface area (Å²) >= 11 is 0. The van der Waals surface area contributed by atoms with Gasteiger partial charge in [0.05, 0.1) is 0 Å². The summed E-state index contributed by atoms with van der Waals surface area (Å²) in [6.07, 6.45) is 5.43. The number of anilines is 2. The quantitative estimate of drug-likeness (QED) is 0.106. The first-order chi connectivity index (χ1) is 17.0. The smallest absolute Gasteiger partial charge is 0.258 e. The number of carbonyl (C=O) groups excluding carboxylic acids is 2. The van der Waals surface area contributed by atoms with E-state index in [1.165, 1.54) is 5.39 Å². The van der Waals surface area contributed by atoms with Gasteiger partial charge in [0.25, 0.3) is 5.91 Å². The van der Waals surface area contributed by atoms with Gasteiger partial charge in [0.1, 0.15) is 0 Å². The second kappa shape index (κ2) is 11.4. The zero-order chi connectivity index (χ0) is 24.6. The van der Waals surface area contributed by atoms with Crippen LogP contribution in [0.5, 0.6) is 0 Å². The average molecular weight is 471 g/mol. The van der Waals surface area contributed by atoms with Crippen molar-refractivity contribution in [1.82, 2.24) is 10.5 Å². The van der Waals surface area contributed by atoms with Crippen LogP contribution in [0.4, 0.5) is 11.4 Å². The number of benzene rings is 3. The number of amides is 2. The maximum Gasteiger partial charge on any atom is 0.258 e. The fraction of sp³-hybridized carbons (Fsp3) is 0.214. The number of hydrogen-bond donors (Lipinski definition) is 4. The first kappa shape index (κ1) is 24.0. The van der Waals surface area contributed by atoms with Crippen LogP contribution in [0.25, 0.3) is 22.0 Å². The topological polar surface area (TPSA) is 111 Å². The molecule has 0 saturated heterocycles. The lowest BCUT2D eigenvalue weighted by Crippen LogP contribution is -2.32. The van der Waals surface area contributed by atoms with Crippen LogP contribution < -0.4 is 16.1 Å². The highest BCUT2D eigenvalue weighted by atomic mass is 16.5. The van der Waals surface area contributed by atoms with E-state index in [0.717, 1.165) is 41.6 Å². The SMILES string of the molecule is Nc1ccc(C(=O)N(CCCCCCC(=O)NO)c2ccc(-c3ccc4cc[nH]c4c3)cc2)cc1. The fourth-order valence-electron chi connectivity index (χ4n) is 4.16. The van der Waals surface area contributed by atoms with Crippen molar-refractivity contribution < 1.29 is 14.8 Å². The number of aromatic nitrogens is 1. The molecule has 5 N–H and O–H groups in total. The molecule has 7 heteroatoms. The third-order valence-electron chi connectivity index (χ3n) is 6.13. The minimum Gasteiger partial charge on any atom is -0.399 e. The van der Waals surface area contributed by atoms with Gasteiger partial charge in [-0.2, -0.15) is 0 Å². The Balaban J connectivity index is 1.48. The van der Waals surface area contributed by atoms with Crippen molar-refractivity contribution in [2.75, 3.05) is 17.2 Å². The number of nitrogen functional groups attached to an aromatic ring is 1. The van der Waals surface area contributed by atoms with Gasteiger partial charge in [-0.1, -0.05) is 37.1 Å². The van der Waals surface area contributed by atoms with Gasteiger partial charge in [0, 0.05) is 41.6 Å². The van der Waals surface area contributed by atoms with E-state index in [1.54, 1.807) is 34.6 Å². The summed E-state index contributed by atoms with van der Waals surface area (Å²) in [5.74, 6) is -0.453. The van der Waals surface area contributed by atoms with Gasteiger partial charge >= 0.3 is 0 Å². The number of H-pyrrole nitrogens is 1. The molecule has 0 unspecified atom stereocenters. The zero-order valence-corrected chi connectivity index (χ0v) is 19.5. The molecule has 1 aromatic heterocycles. The molecule has 180 valence electrons. The lowest BCUT2D eigenvalue weighted by Gasteiger charge is -2.23. The van der Waals surface area contributed by atoms with Crippen molar-refractivity contribution >= 4 is 34.1 Å². The van der Waals surface area contributed by atoms with Gasteiger partial charge in [-0.15, -0.1) is 0 Å². The van der Waals surface area contributed by atoms with E-state index in [4.69, 9.17) is 10.9 Å². The van der Waals surface area contributed by atoms with E-state index in [-0.39, 0.29) is 11.8 Å². The van der Waals surface area contributed by atoms with Gasteiger partial charge in [-0.3, -0.25) is 14.8 Å². The minimum atomic E-state index is -0.374. The van der Waals surface area contributed by atoms with Crippen LogP contribution in [0.3, 0.4) is 0 Å². The molecule has 0 fully saturated rings. The summed E-state index contributed by atoms with van der Waals surface area (Å²) in [7, 11) is 0. The monoisotopic (exact) mass is 470 g/mol. The molecule has 0 saturated carbocycles. The van der Waals surface area contributed by atoms with E-state index in [2.05, 4.69) is 23.2 Å². The highest BCUT2D eigenvalue weighted by Gasteiger charge is 2.18. The summed E-state index contributed by atoms with van der Waals surface area (Å²) in [6, 6.07) is 23.4. The second-order valence-electron chi connectivity index (χ2n) is 8.60.